The number of hydrogen-bond acceptors (Lipinski definition) is 4. The van der Waals surface area contributed by atoms with Gasteiger partial charge < -0.3 is 14.7 Å². The number of anilines is 1. The molecule has 112 valence electrons. The fourth-order valence-electron chi connectivity index (χ4n) is 1.90. The predicted molar refractivity (Wildman–Crippen MR) is 85.0 cm³/mol. The number of rotatable bonds is 6. The van der Waals surface area contributed by atoms with Crippen molar-refractivity contribution in [3.8, 4) is 0 Å². The number of nitrogens with one attached hydrogen (secondary N) is 1. The van der Waals surface area contributed by atoms with E-state index in [0.717, 1.165) is 11.0 Å². The van der Waals surface area contributed by atoms with Gasteiger partial charge in [-0.1, -0.05) is 33.2 Å². The maximum absolute atomic E-state index is 11.8. The second kappa shape index (κ2) is 7.38. The Morgan fingerprint density at radius 2 is 2.10 bits per heavy atom. The summed E-state index contributed by atoms with van der Waals surface area (Å²) in [6.45, 7) is 3.27. The molecule has 2 aromatic rings. The van der Waals surface area contributed by atoms with Crippen molar-refractivity contribution in [1.82, 2.24) is 10.1 Å². The van der Waals surface area contributed by atoms with Gasteiger partial charge in [0.1, 0.15) is 5.76 Å². The summed E-state index contributed by atoms with van der Waals surface area (Å²) in [5.74, 6) is 1.08. The van der Waals surface area contributed by atoms with Crippen molar-refractivity contribution in [3.63, 3.8) is 0 Å². The predicted octanol–water partition coefficient (Wildman–Crippen LogP) is 3.21. The molecule has 1 amide bonds. The first-order valence-corrected chi connectivity index (χ1v) is 7.48. The maximum Gasteiger partial charge on any atom is 0.226 e. The Morgan fingerprint density at radius 3 is 2.71 bits per heavy atom. The Kier molecular flexibility index (Phi) is 5.52. The molecule has 1 aromatic carbocycles. The lowest BCUT2D eigenvalue weighted by atomic mass is 10.2. The quantitative estimate of drug-likeness (QED) is 0.867. The minimum atomic E-state index is -0.0639. The zero-order valence-corrected chi connectivity index (χ0v) is 13.7. The van der Waals surface area contributed by atoms with E-state index in [0.29, 0.717) is 24.5 Å². The van der Waals surface area contributed by atoms with Crippen molar-refractivity contribution in [2.24, 2.45) is 0 Å². The Bertz CT molecular complexity index is 595. The van der Waals surface area contributed by atoms with Crippen molar-refractivity contribution in [1.29, 1.82) is 0 Å². The summed E-state index contributed by atoms with van der Waals surface area (Å²) in [6, 6.07) is 9.87. The minimum Gasteiger partial charge on any atom is -0.360 e. The SMILES string of the molecule is Cc1cc(NC(=O)CCN(C)Cc2ccc(Br)cc2)no1. The van der Waals surface area contributed by atoms with Crippen LogP contribution in [0.25, 0.3) is 0 Å². The number of amides is 1. The van der Waals surface area contributed by atoms with Gasteiger partial charge in [-0.25, -0.2) is 0 Å². The molecule has 0 spiro atoms. The first-order valence-electron chi connectivity index (χ1n) is 6.69. The Balaban J connectivity index is 1.74. The fraction of sp³-hybridized carbons (Fsp3) is 0.333. The number of carbonyl (C=O) groups is 1. The van der Waals surface area contributed by atoms with Crippen LogP contribution < -0.4 is 5.32 Å². The van der Waals surface area contributed by atoms with Crippen LogP contribution in [0.1, 0.15) is 17.7 Å². The van der Waals surface area contributed by atoms with Gasteiger partial charge in [-0.05, 0) is 31.7 Å². The summed E-state index contributed by atoms with van der Waals surface area (Å²) in [7, 11) is 2.00. The Hall–Kier alpha value is -1.66. The molecule has 0 atom stereocenters. The molecule has 0 aliphatic heterocycles. The van der Waals surface area contributed by atoms with E-state index in [1.165, 1.54) is 5.56 Å². The van der Waals surface area contributed by atoms with Crippen molar-refractivity contribution in [2.45, 2.75) is 19.9 Å². The summed E-state index contributed by atoms with van der Waals surface area (Å²) in [5, 5.41) is 6.45. The lowest BCUT2D eigenvalue weighted by Crippen LogP contribution is -2.24. The molecule has 0 unspecified atom stereocenters. The van der Waals surface area contributed by atoms with Gasteiger partial charge in [-0.3, -0.25) is 4.79 Å². The van der Waals surface area contributed by atoms with Crippen LogP contribution in [0.3, 0.4) is 0 Å². The van der Waals surface area contributed by atoms with E-state index >= 15 is 0 Å². The molecule has 5 nitrogen and oxygen atoms in total. The third kappa shape index (κ3) is 5.32. The second-order valence-corrected chi connectivity index (χ2v) is 5.90. The maximum atomic E-state index is 11.8. The van der Waals surface area contributed by atoms with Gasteiger partial charge in [0, 0.05) is 30.0 Å². The van der Waals surface area contributed by atoms with Crippen LogP contribution in [0.15, 0.2) is 39.3 Å². The molecule has 1 heterocycles. The highest BCUT2D eigenvalue weighted by molar-refractivity contribution is 9.10. The van der Waals surface area contributed by atoms with Crippen LogP contribution in [0.2, 0.25) is 0 Å². The molecule has 1 N–H and O–H groups in total. The standard InChI is InChI=1S/C15H18BrN3O2/c1-11-9-14(18-21-11)17-15(20)7-8-19(2)10-12-3-5-13(16)6-4-12/h3-6,9H,7-8,10H2,1-2H3,(H,17,18,20). The summed E-state index contributed by atoms with van der Waals surface area (Å²) >= 11 is 3.41. The number of benzene rings is 1. The van der Waals surface area contributed by atoms with Crippen LogP contribution in [-0.4, -0.2) is 29.6 Å². The van der Waals surface area contributed by atoms with E-state index in [4.69, 9.17) is 4.52 Å². The molecule has 6 heteroatoms. The zero-order valence-electron chi connectivity index (χ0n) is 12.1. The number of halogens is 1. The molecule has 1 aromatic heterocycles. The molecule has 0 radical (unpaired) electrons. The number of hydrogen-bond donors (Lipinski definition) is 1. The number of carbonyl (C=O) groups excluding carboxylic acids is 1. The average Bonchev–Trinajstić information content (AvgIpc) is 2.84. The van der Waals surface area contributed by atoms with Crippen molar-refractivity contribution >= 4 is 27.7 Å². The van der Waals surface area contributed by atoms with Crippen LogP contribution in [0.5, 0.6) is 0 Å². The topological polar surface area (TPSA) is 58.4 Å². The van der Waals surface area contributed by atoms with Gasteiger partial charge in [-0.15, -0.1) is 0 Å². The summed E-state index contributed by atoms with van der Waals surface area (Å²) < 4.78 is 5.97. The van der Waals surface area contributed by atoms with Crippen LogP contribution >= 0.6 is 15.9 Å². The van der Waals surface area contributed by atoms with E-state index in [2.05, 4.69) is 43.4 Å². The highest BCUT2D eigenvalue weighted by Gasteiger charge is 2.08. The third-order valence-corrected chi connectivity index (χ3v) is 3.51. The molecule has 0 saturated heterocycles. The number of aromatic nitrogens is 1. The third-order valence-electron chi connectivity index (χ3n) is 2.98. The number of nitrogens with zero attached hydrogens (tertiary/aromatic N) is 2. The van der Waals surface area contributed by atoms with Crippen LogP contribution in [0, 0.1) is 6.92 Å². The molecule has 0 saturated carbocycles. The van der Waals surface area contributed by atoms with Gasteiger partial charge in [0.15, 0.2) is 5.82 Å². The Morgan fingerprint density at radius 1 is 1.38 bits per heavy atom. The number of aryl methyl sites for hydroxylation is 1. The van der Waals surface area contributed by atoms with E-state index in [9.17, 15) is 4.79 Å². The highest BCUT2D eigenvalue weighted by atomic mass is 79.9. The molecule has 0 aliphatic carbocycles. The molecule has 2 rings (SSSR count). The smallest absolute Gasteiger partial charge is 0.226 e. The largest absolute Gasteiger partial charge is 0.360 e. The molecule has 0 bridgehead atoms. The van der Waals surface area contributed by atoms with Crippen LogP contribution in [-0.2, 0) is 11.3 Å². The molecular weight excluding hydrogens is 334 g/mol. The first-order chi connectivity index (χ1) is 10.0. The molecular formula is C15H18BrN3O2. The minimum absolute atomic E-state index is 0.0639. The second-order valence-electron chi connectivity index (χ2n) is 4.99. The lowest BCUT2D eigenvalue weighted by Gasteiger charge is -2.16. The van der Waals surface area contributed by atoms with Gasteiger partial charge in [0.25, 0.3) is 0 Å². The molecule has 0 aliphatic rings. The van der Waals surface area contributed by atoms with E-state index in [-0.39, 0.29) is 5.91 Å². The van der Waals surface area contributed by atoms with Crippen molar-refractivity contribution < 1.29 is 9.32 Å². The van der Waals surface area contributed by atoms with E-state index in [1.807, 2.05) is 19.2 Å². The first kappa shape index (κ1) is 15.7. The van der Waals surface area contributed by atoms with Gasteiger partial charge >= 0.3 is 0 Å². The van der Waals surface area contributed by atoms with Gasteiger partial charge in [0.2, 0.25) is 5.91 Å². The molecule has 0 fully saturated rings. The molecule has 21 heavy (non-hydrogen) atoms. The lowest BCUT2D eigenvalue weighted by molar-refractivity contribution is -0.116. The van der Waals surface area contributed by atoms with E-state index < -0.39 is 0 Å². The van der Waals surface area contributed by atoms with Crippen LogP contribution in [0.4, 0.5) is 5.82 Å². The normalized spacial score (nSPS) is 10.9. The van der Waals surface area contributed by atoms with Gasteiger partial charge in [-0.2, -0.15) is 0 Å². The summed E-state index contributed by atoms with van der Waals surface area (Å²) in [5.41, 5.74) is 1.22. The van der Waals surface area contributed by atoms with Crippen molar-refractivity contribution in [3.05, 3.63) is 46.1 Å². The average molecular weight is 352 g/mol. The highest BCUT2D eigenvalue weighted by Crippen LogP contribution is 2.12. The Labute approximate surface area is 132 Å². The monoisotopic (exact) mass is 351 g/mol. The zero-order chi connectivity index (χ0) is 15.2. The van der Waals surface area contributed by atoms with E-state index in [1.54, 1.807) is 13.0 Å². The summed E-state index contributed by atoms with van der Waals surface area (Å²) in [4.78, 5) is 13.9. The fourth-order valence-corrected chi connectivity index (χ4v) is 2.17. The van der Waals surface area contributed by atoms with Gasteiger partial charge in [0.05, 0.1) is 0 Å². The van der Waals surface area contributed by atoms with Crippen molar-refractivity contribution in [2.75, 3.05) is 18.9 Å². The summed E-state index contributed by atoms with van der Waals surface area (Å²) in [6.07, 6.45) is 0.416.